The minimum Gasteiger partial charge on any atom is -0.490 e. The van der Waals surface area contributed by atoms with E-state index in [-0.39, 0.29) is 12.7 Å². The van der Waals surface area contributed by atoms with Crippen LogP contribution >= 0.6 is 0 Å². The van der Waals surface area contributed by atoms with Crippen molar-refractivity contribution < 1.29 is 14.6 Å². The van der Waals surface area contributed by atoms with Crippen LogP contribution in [0.2, 0.25) is 0 Å². The third-order valence-corrected chi connectivity index (χ3v) is 4.62. The number of aliphatic hydroxyl groups excluding tert-OH is 1. The standard InChI is InChI=1S/C22H26N2O3/c1-16(2)27-22-6-3-17(11-20(22)13-23)15-26-21-5-4-19-14-24(9-10-25)8-7-18(19)12-21/h3-6,11-12,16,25H,7-10,14-15H2,1-2H3. The van der Waals surface area contributed by atoms with E-state index in [1.165, 1.54) is 11.1 Å². The number of hydrogen-bond acceptors (Lipinski definition) is 5. The molecule has 2 aromatic rings. The molecular formula is C22H26N2O3. The molecule has 0 bridgehead atoms. The van der Waals surface area contributed by atoms with Gasteiger partial charge in [-0.1, -0.05) is 12.1 Å². The number of β-amino-alcohol motifs (C(OH)–C–C–N with tert-alkyl or cyclic N) is 1. The van der Waals surface area contributed by atoms with Crippen LogP contribution in [-0.2, 0) is 19.6 Å². The highest BCUT2D eigenvalue weighted by molar-refractivity contribution is 5.45. The van der Waals surface area contributed by atoms with Crippen LogP contribution in [0, 0.1) is 11.3 Å². The molecule has 0 radical (unpaired) electrons. The van der Waals surface area contributed by atoms with Gasteiger partial charge in [0.15, 0.2) is 0 Å². The van der Waals surface area contributed by atoms with E-state index in [4.69, 9.17) is 14.6 Å². The van der Waals surface area contributed by atoms with Crippen molar-refractivity contribution in [1.82, 2.24) is 4.90 Å². The van der Waals surface area contributed by atoms with Crippen molar-refractivity contribution in [3.8, 4) is 17.6 Å². The zero-order valence-electron chi connectivity index (χ0n) is 15.9. The summed E-state index contributed by atoms with van der Waals surface area (Å²) in [7, 11) is 0. The van der Waals surface area contributed by atoms with Crippen LogP contribution < -0.4 is 9.47 Å². The molecule has 1 heterocycles. The van der Waals surface area contributed by atoms with Gasteiger partial charge in [-0.3, -0.25) is 4.90 Å². The lowest BCUT2D eigenvalue weighted by molar-refractivity contribution is 0.184. The second-order valence-electron chi connectivity index (χ2n) is 7.08. The van der Waals surface area contributed by atoms with E-state index in [0.29, 0.717) is 17.9 Å². The summed E-state index contributed by atoms with van der Waals surface area (Å²) < 4.78 is 11.6. The minimum absolute atomic E-state index is 0.0306. The lowest BCUT2D eigenvalue weighted by atomic mass is 9.99. The van der Waals surface area contributed by atoms with Gasteiger partial charge in [0.25, 0.3) is 0 Å². The average molecular weight is 366 g/mol. The van der Waals surface area contributed by atoms with E-state index in [1.54, 1.807) is 0 Å². The third-order valence-electron chi connectivity index (χ3n) is 4.62. The number of hydrogen-bond donors (Lipinski definition) is 1. The summed E-state index contributed by atoms with van der Waals surface area (Å²) >= 11 is 0. The van der Waals surface area contributed by atoms with Crippen molar-refractivity contribution in [2.75, 3.05) is 19.7 Å². The molecule has 0 saturated heterocycles. The fourth-order valence-corrected chi connectivity index (χ4v) is 3.29. The zero-order chi connectivity index (χ0) is 19.2. The Balaban J connectivity index is 1.65. The van der Waals surface area contributed by atoms with Gasteiger partial charge in [-0.25, -0.2) is 0 Å². The lowest BCUT2D eigenvalue weighted by Gasteiger charge is -2.28. The van der Waals surface area contributed by atoms with E-state index >= 15 is 0 Å². The van der Waals surface area contributed by atoms with Gasteiger partial charge in [0.2, 0.25) is 0 Å². The molecule has 0 amide bonds. The summed E-state index contributed by atoms with van der Waals surface area (Å²) in [5.41, 5.74) is 4.07. The second-order valence-corrected chi connectivity index (χ2v) is 7.08. The van der Waals surface area contributed by atoms with Gasteiger partial charge in [-0.15, -0.1) is 0 Å². The maximum absolute atomic E-state index is 9.34. The first-order valence-corrected chi connectivity index (χ1v) is 9.36. The van der Waals surface area contributed by atoms with E-state index in [0.717, 1.165) is 37.4 Å². The van der Waals surface area contributed by atoms with Gasteiger partial charge in [0.05, 0.1) is 18.3 Å². The maximum atomic E-state index is 9.34. The largest absolute Gasteiger partial charge is 0.490 e. The van der Waals surface area contributed by atoms with Gasteiger partial charge >= 0.3 is 0 Å². The van der Waals surface area contributed by atoms with E-state index in [9.17, 15) is 5.26 Å². The summed E-state index contributed by atoms with van der Waals surface area (Å²) in [6.45, 7) is 7.04. The van der Waals surface area contributed by atoms with Gasteiger partial charge in [0.1, 0.15) is 24.2 Å². The number of nitriles is 1. The molecule has 1 aliphatic heterocycles. The predicted octanol–water partition coefficient (Wildman–Crippen LogP) is 3.27. The van der Waals surface area contributed by atoms with Gasteiger partial charge in [-0.05, 0) is 61.2 Å². The Labute approximate surface area is 160 Å². The number of ether oxygens (including phenoxy) is 2. The van der Waals surface area contributed by atoms with Crippen molar-refractivity contribution in [3.05, 3.63) is 58.7 Å². The van der Waals surface area contributed by atoms with Gasteiger partial charge in [-0.2, -0.15) is 5.26 Å². The molecule has 27 heavy (non-hydrogen) atoms. The fourth-order valence-electron chi connectivity index (χ4n) is 3.29. The molecule has 0 spiro atoms. The first-order valence-electron chi connectivity index (χ1n) is 9.36. The summed E-state index contributed by atoms with van der Waals surface area (Å²) in [5.74, 6) is 1.45. The van der Waals surface area contributed by atoms with Gasteiger partial charge < -0.3 is 14.6 Å². The van der Waals surface area contributed by atoms with Crippen LogP contribution in [0.4, 0.5) is 0 Å². The fraction of sp³-hybridized carbons (Fsp3) is 0.409. The van der Waals surface area contributed by atoms with E-state index in [2.05, 4.69) is 23.1 Å². The number of rotatable bonds is 7. The highest BCUT2D eigenvalue weighted by atomic mass is 16.5. The van der Waals surface area contributed by atoms with Crippen molar-refractivity contribution >= 4 is 0 Å². The minimum atomic E-state index is 0.0306. The Hall–Kier alpha value is -2.55. The molecule has 0 aromatic heterocycles. The number of nitrogens with zero attached hydrogens (tertiary/aromatic N) is 2. The molecule has 0 saturated carbocycles. The molecular weight excluding hydrogens is 340 g/mol. The summed E-state index contributed by atoms with van der Waals surface area (Å²) in [4.78, 5) is 2.26. The predicted molar refractivity (Wildman–Crippen MR) is 104 cm³/mol. The Morgan fingerprint density at radius 2 is 2.04 bits per heavy atom. The topological polar surface area (TPSA) is 65.7 Å². The average Bonchev–Trinajstić information content (AvgIpc) is 2.67. The summed E-state index contributed by atoms with van der Waals surface area (Å²) in [5, 5.41) is 18.4. The van der Waals surface area contributed by atoms with Crippen LogP contribution in [0.25, 0.3) is 0 Å². The van der Waals surface area contributed by atoms with E-state index in [1.807, 2.05) is 38.1 Å². The third kappa shape index (κ3) is 5.00. The zero-order valence-corrected chi connectivity index (χ0v) is 15.9. The smallest absolute Gasteiger partial charge is 0.137 e. The monoisotopic (exact) mass is 366 g/mol. The molecule has 0 fully saturated rings. The normalized spacial score (nSPS) is 13.9. The van der Waals surface area contributed by atoms with Crippen LogP contribution in [-0.4, -0.2) is 35.8 Å². The maximum Gasteiger partial charge on any atom is 0.137 e. The quantitative estimate of drug-likeness (QED) is 0.815. The van der Waals surface area contributed by atoms with Crippen LogP contribution in [0.3, 0.4) is 0 Å². The lowest BCUT2D eigenvalue weighted by Crippen LogP contribution is -2.32. The molecule has 1 aliphatic rings. The molecule has 0 unspecified atom stereocenters. The highest BCUT2D eigenvalue weighted by Crippen LogP contribution is 2.25. The van der Waals surface area contributed by atoms with Crippen molar-refractivity contribution in [2.24, 2.45) is 0 Å². The van der Waals surface area contributed by atoms with E-state index < -0.39 is 0 Å². The van der Waals surface area contributed by atoms with Crippen molar-refractivity contribution in [3.63, 3.8) is 0 Å². The molecule has 5 heteroatoms. The molecule has 5 nitrogen and oxygen atoms in total. The summed E-state index contributed by atoms with van der Waals surface area (Å²) in [6.07, 6.45) is 0.995. The number of aliphatic hydroxyl groups is 1. The molecule has 2 aromatic carbocycles. The van der Waals surface area contributed by atoms with Crippen molar-refractivity contribution in [1.29, 1.82) is 5.26 Å². The molecule has 1 N–H and O–H groups in total. The Kier molecular flexibility index (Phi) is 6.33. The number of benzene rings is 2. The second kappa shape index (κ2) is 8.90. The first kappa shape index (κ1) is 19.2. The molecule has 0 atom stereocenters. The Bertz CT molecular complexity index is 827. The van der Waals surface area contributed by atoms with Crippen LogP contribution in [0.15, 0.2) is 36.4 Å². The van der Waals surface area contributed by atoms with Gasteiger partial charge in [0, 0.05) is 19.6 Å². The molecule has 3 rings (SSSR count). The Morgan fingerprint density at radius 3 is 2.78 bits per heavy atom. The first-order chi connectivity index (χ1) is 13.1. The Morgan fingerprint density at radius 1 is 1.19 bits per heavy atom. The highest BCUT2D eigenvalue weighted by Gasteiger charge is 2.16. The molecule has 0 aliphatic carbocycles. The number of fused-ring (bicyclic) bond motifs is 1. The van der Waals surface area contributed by atoms with Crippen LogP contribution in [0.1, 0.15) is 36.1 Å². The van der Waals surface area contributed by atoms with Crippen LogP contribution in [0.5, 0.6) is 11.5 Å². The summed E-state index contributed by atoms with van der Waals surface area (Å²) in [6, 6.07) is 14.0. The van der Waals surface area contributed by atoms with Crippen molar-refractivity contribution in [2.45, 2.75) is 39.5 Å². The SMILES string of the molecule is CC(C)Oc1ccc(COc2ccc3c(c2)CCN(CCO)C3)cc1C#N. The molecule has 142 valence electrons.